The molecule has 1 amide bonds. The van der Waals surface area contributed by atoms with Gasteiger partial charge in [-0.1, -0.05) is 0 Å². The summed E-state index contributed by atoms with van der Waals surface area (Å²) >= 11 is 0. The molecule has 5 heteroatoms. The zero-order valence-electron chi connectivity index (χ0n) is 10.4. The van der Waals surface area contributed by atoms with Gasteiger partial charge >= 0.3 is 0 Å². The van der Waals surface area contributed by atoms with Gasteiger partial charge in [-0.05, 0) is 33.3 Å². The standard InChI is InChI=1S/C12H19N3O2/c1-8-10(6-9(13)7-14-8)11(17)15-12(2,3)4-5-16/h6-7,16H,4-5,13H2,1-3H3,(H,15,17). The lowest BCUT2D eigenvalue weighted by Gasteiger charge is -2.25. The maximum absolute atomic E-state index is 12.0. The Hall–Kier alpha value is -1.62. The average Bonchev–Trinajstić information content (AvgIpc) is 2.20. The number of rotatable bonds is 4. The van der Waals surface area contributed by atoms with Gasteiger partial charge in [0, 0.05) is 12.1 Å². The molecule has 0 fully saturated rings. The summed E-state index contributed by atoms with van der Waals surface area (Å²) < 4.78 is 0. The molecule has 0 radical (unpaired) electrons. The van der Waals surface area contributed by atoms with Crippen molar-refractivity contribution in [2.24, 2.45) is 0 Å². The fourth-order valence-electron chi connectivity index (χ4n) is 1.50. The number of hydrogen-bond acceptors (Lipinski definition) is 4. The highest BCUT2D eigenvalue weighted by atomic mass is 16.3. The van der Waals surface area contributed by atoms with Gasteiger partial charge in [0.1, 0.15) is 0 Å². The lowest BCUT2D eigenvalue weighted by molar-refractivity contribution is 0.0898. The summed E-state index contributed by atoms with van der Waals surface area (Å²) in [5.74, 6) is -0.222. The molecule has 0 aliphatic carbocycles. The largest absolute Gasteiger partial charge is 0.397 e. The molecule has 0 unspecified atom stereocenters. The second kappa shape index (κ2) is 5.14. The van der Waals surface area contributed by atoms with E-state index in [1.54, 1.807) is 13.0 Å². The Morgan fingerprint density at radius 3 is 2.82 bits per heavy atom. The van der Waals surface area contributed by atoms with Crippen molar-refractivity contribution in [3.63, 3.8) is 0 Å². The molecule has 4 N–H and O–H groups in total. The van der Waals surface area contributed by atoms with E-state index in [0.29, 0.717) is 23.4 Å². The first kappa shape index (κ1) is 13.4. The average molecular weight is 237 g/mol. The third-order valence-corrected chi connectivity index (χ3v) is 2.54. The number of pyridine rings is 1. The van der Waals surface area contributed by atoms with Crippen LogP contribution in [0.1, 0.15) is 36.3 Å². The molecule has 1 rings (SSSR count). The number of hydrogen-bond donors (Lipinski definition) is 3. The molecule has 1 aromatic heterocycles. The van der Waals surface area contributed by atoms with E-state index in [9.17, 15) is 4.79 Å². The van der Waals surface area contributed by atoms with Gasteiger partial charge in [0.05, 0.1) is 23.1 Å². The molecule has 17 heavy (non-hydrogen) atoms. The van der Waals surface area contributed by atoms with Crippen molar-refractivity contribution in [2.75, 3.05) is 12.3 Å². The summed E-state index contributed by atoms with van der Waals surface area (Å²) in [6, 6.07) is 1.60. The maximum Gasteiger partial charge on any atom is 0.253 e. The number of nitrogens with zero attached hydrogens (tertiary/aromatic N) is 1. The van der Waals surface area contributed by atoms with Crippen LogP contribution in [0.3, 0.4) is 0 Å². The summed E-state index contributed by atoms with van der Waals surface area (Å²) in [7, 11) is 0. The summed E-state index contributed by atoms with van der Waals surface area (Å²) in [6.07, 6.45) is 2.01. The van der Waals surface area contributed by atoms with Gasteiger partial charge < -0.3 is 16.2 Å². The molecule has 1 heterocycles. The third kappa shape index (κ3) is 3.71. The predicted octanol–water partition coefficient (Wildman–Crippen LogP) is 0.863. The van der Waals surface area contributed by atoms with Crippen LogP contribution in [0.25, 0.3) is 0 Å². The fraction of sp³-hybridized carbons (Fsp3) is 0.500. The number of aromatic nitrogens is 1. The van der Waals surface area contributed by atoms with Crippen LogP contribution in [0.5, 0.6) is 0 Å². The highest BCUT2D eigenvalue weighted by Crippen LogP contribution is 2.13. The predicted molar refractivity (Wildman–Crippen MR) is 66.6 cm³/mol. The molecule has 0 aromatic carbocycles. The molecule has 0 aliphatic rings. The molecule has 0 saturated heterocycles. The van der Waals surface area contributed by atoms with E-state index < -0.39 is 5.54 Å². The van der Waals surface area contributed by atoms with Crippen molar-refractivity contribution in [2.45, 2.75) is 32.7 Å². The lowest BCUT2D eigenvalue weighted by Crippen LogP contribution is -2.44. The highest BCUT2D eigenvalue weighted by Gasteiger charge is 2.21. The van der Waals surface area contributed by atoms with Crippen LogP contribution < -0.4 is 11.1 Å². The molecule has 1 aromatic rings. The molecular weight excluding hydrogens is 218 g/mol. The normalized spacial score (nSPS) is 11.3. The minimum Gasteiger partial charge on any atom is -0.397 e. The lowest BCUT2D eigenvalue weighted by atomic mass is 10.0. The second-order valence-corrected chi connectivity index (χ2v) is 4.71. The Kier molecular flexibility index (Phi) is 4.07. The first-order valence-corrected chi connectivity index (χ1v) is 5.51. The molecule has 0 aliphatic heterocycles. The van der Waals surface area contributed by atoms with Crippen LogP contribution in [0.15, 0.2) is 12.3 Å². The molecule has 0 bridgehead atoms. The quantitative estimate of drug-likeness (QED) is 0.724. The van der Waals surface area contributed by atoms with Crippen LogP contribution in [0.4, 0.5) is 5.69 Å². The molecule has 0 spiro atoms. The highest BCUT2D eigenvalue weighted by molar-refractivity contribution is 5.96. The van der Waals surface area contributed by atoms with Crippen molar-refractivity contribution < 1.29 is 9.90 Å². The molecule has 94 valence electrons. The third-order valence-electron chi connectivity index (χ3n) is 2.54. The molecule has 0 atom stereocenters. The number of carbonyl (C=O) groups is 1. The Morgan fingerprint density at radius 1 is 1.59 bits per heavy atom. The first-order chi connectivity index (χ1) is 7.85. The van der Waals surface area contributed by atoms with Crippen molar-refractivity contribution in [1.29, 1.82) is 0 Å². The van der Waals surface area contributed by atoms with E-state index in [2.05, 4.69) is 10.3 Å². The molecule has 5 nitrogen and oxygen atoms in total. The second-order valence-electron chi connectivity index (χ2n) is 4.71. The van der Waals surface area contributed by atoms with Gasteiger partial charge in [0.2, 0.25) is 0 Å². The number of nitrogens with one attached hydrogen (secondary N) is 1. The van der Waals surface area contributed by atoms with Crippen LogP contribution >= 0.6 is 0 Å². The van der Waals surface area contributed by atoms with Gasteiger partial charge in [0.25, 0.3) is 5.91 Å². The van der Waals surface area contributed by atoms with Crippen molar-refractivity contribution in [3.8, 4) is 0 Å². The Balaban J connectivity index is 2.86. The number of amides is 1. The van der Waals surface area contributed by atoms with Crippen LogP contribution in [0, 0.1) is 6.92 Å². The van der Waals surface area contributed by atoms with Crippen LogP contribution in [-0.4, -0.2) is 28.1 Å². The Bertz CT molecular complexity index is 416. The van der Waals surface area contributed by atoms with Crippen molar-refractivity contribution in [1.82, 2.24) is 10.3 Å². The molecular formula is C12H19N3O2. The topological polar surface area (TPSA) is 88.2 Å². The summed E-state index contributed by atoms with van der Waals surface area (Å²) in [4.78, 5) is 16.1. The van der Waals surface area contributed by atoms with Gasteiger partial charge in [0.15, 0.2) is 0 Å². The van der Waals surface area contributed by atoms with E-state index >= 15 is 0 Å². The summed E-state index contributed by atoms with van der Waals surface area (Å²) in [6.45, 7) is 5.50. The number of nitrogen functional groups attached to an aromatic ring is 1. The SMILES string of the molecule is Cc1ncc(N)cc1C(=O)NC(C)(C)CCO. The molecule has 0 saturated carbocycles. The van der Waals surface area contributed by atoms with Gasteiger partial charge in [-0.2, -0.15) is 0 Å². The van der Waals surface area contributed by atoms with Crippen molar-refractivity contribution >= 4 is 11.6 Å². The van der Waals surface area contributed by atoms with E-state index in [0.717, 1.165) is 0 Å². The van der Waals surface area contributed by atoms with Crippen LogP contribution in [0.2, 0.25) is 0 Å². The number of nitrogens with two attached hydrogens (primary N) is 1. The first-order valence-electron chi connectivity index (χ1n) is 5.51. The zero-order chi connectivity index (χ0) is 13.1. The fourth-order valence-corrected chi connectivity index (χ4v) is 1.50. The van der Waals surface area contributed by atoms with Crippen LogP contribution in [-0.2, 0) is 0 Å². The summed E-state index contributed by atoms with van der Waals surface area (Å²) in [5, 5.41) is 11.7. The smallest absolute Gasteiger partial charge is 0.253 e. The Labute approximate surface area is 101 Å². The van der Waals surface area contributed by atoms with E-state index in [-0.39, 0.29) is 12.5 Å². The number of aliphatic hydroxyl groups is 1. The van der Waals surface area contributed by atoms with Crippen molar-refractivity contribution in [3.05, 3.63) is 23.5 Å². The zero-order valence-corrected chi connectivity index (χ0v) is 10.4. The minimum absolute atomic E-state index is 0.0292. The summed E-state index contributed by atoms with van der Waals surface area (Å²) in [5.41, 5.74) is 6.71. The maximum atomic E-state index is 12.0. The van der Waals surface area contributed by atoms with Gasteiger partial charge in [-0.25, -0.2) is 0 Å². The number of anilines is 1. The van der Waals surface area contributed by atoms with E-state index in [1.165, 1.54) is 6.20 Å². The Morgan fingerprint density at radius 2 is 2.24 bits per heavy atom. The number of carbonyl (C=O) groups excluding carboxylic acids is 1. The number of aryl methyl sites for hydroxylation is 1. The van der Waals surface area contributed by atoms with Gasteiger partial charge in [-0.3, -0.25) is 9.78 Å². The van der Waals surface area contributed by atoms with E-state index in [1.807, 2.05) is 13.8 Å². The minimum atomic E-state index is -0.455. The van der Waals surface area contributed by atoms with E-state index in [4.69, 9.17) is 10.8 Å². The monoisotopic (exact) mass is 237 g/mol. The number of aliphatic hydroxyl groups excluding tert-OH is 1. The van der Waals surface area contributed by atoms with Gasteiger partial charge in [-0.15, -0.1) is 0 Å².